The van der Waals surface area contributed by atoms with Crippen LogP contribution in [0.3, 0.4) is 0 Å². The number of amides is 1. The molecule has 0 aliphatic rings. The number of aromatic amines is 1. The van der Waals surface area contributed by atoms with E-state index in [0.717, 1.165) is 0 Å². The first-order valence-electron chi connectivity index (χ1n) is 5.43. The van der Waals surface area contributed by atoms with Crippen molar-refractivity contribution in [3.63, 3.8) is 0 Å². The van der Waals surface area contributed by atoms with Crippen LogP contribution < -0.4 is 10.7 Å². The Bertz CT molecular complexity index is 843. The van der Waals surface area contributed by atoms with Crippen molar-refractivity contribution in [2.45, 2.75) is 0 Å². The van der Waals surface area contributed by atoms with Crippen molar-refractivity contribution in [2.75, 3.05) is 5.32 Å². The zero-order chi connectivity index (χ0) is 14.1. The molecule has 0 aliphatic carbocycles. The summed E-state index contributed by atoms with van der Waals surface area (Å²) < 4.78 is 5.35. The fraction of sp³-hybridized carbons (Fsp3) is 0. The molecule has 0 radical (unpaired) electrons. The summed E-state index contributed by atoms with van der Waals surface area (Å²) in [5, 5.41) is 14.9. The highest BCUT2D eigenvalue weighted by Crippen LogP contribution is 2.19. The van der Waals surface area contributed by atoms with Gasteiger partial charge < -0.3 is 4.42 Å². The number of nitrogens with one attached hydrogen (secondary N) is 2. The molecule has 0 unspecified atom stereocenters. The van der Waals surface area contributed by atoms with E-state index < -0.39 is 11.3 Å². The van der Waals surface area contributed by atoms with Crippen molar-refractivity contribution in [3.05, 3.63) is 45.3 Å². The second kappa shape index (κ2) is 4.74. The van der Waals surface area contributed by atoms with Crippen LogP contribution in [-0.4, -0.2) is 26.5 Å². The Labute approximate surface area is 115 Å². The number of fused-ring (bicyclic) bond motifs is 1. The second-order valence-electron chi connectivity index (χ2n) is 3.76. The standard InChI is InChI=1S/C11H6ClN5O3/c12-7-8(18)5-3-1-2-4-6(5)20-9(7)10(19)13-11-14-16-17-15-11/h1-4H,(H2,13,14,15,16,17,19). The van der Waals surface area contributed by atoms with Gasteiger partial charge in [-0.05, 0) is 17.3 Å². The molecule has 2 aromatic heterocycles. The highest BCUT2D eigenvalue weighted by Gasteiger charge is 2.20. The summed E-state index contributed by atoms with van der Waals surface area (Å²) in [7, 11) is 0. The third-order valence-electron chi connectivity index (χ3n) is 2.52. The van der Waals surface area contributed by atoms with Gasteiger partial charge in [0.25, 0.3) is 11.9 Å². The summed E-state index contributed by atoms with van der Waals surface area (Å²) in [6.07, 6.45) is 0. The minimum absolute atomic E-state index is 0.0538. The van der Waals surface area contributed by atoms with Gasteiger partial charge in [-0.2, -0.15) is 5.21 Å². The molecular weight excluding hydrogens is 286 g/mol. The number of hydrogen-bond donors (Lipinski definition) is 2. The van der Waals surface area contributed by atoms with E-state index >= 15 is 0 Å². The quantitative estimate of drug-likeness (QED) is 0.733. The molecule has 0 aliphatic heterocycles. The van der Waals surface area contributed by atoms with E-state index in [0.29, 0.717) is 5.39 Å². The number of rotatable bonds is 2. The van der Waals surface area contributed by atoms with Crippen LogP contribution in [0.15, 0.2) is 33.5 Å². The summed E-state index contributed by atoms with van der Waals surface area (Å²) in [6, 6.07) is 6.49. The number of carbonyl (C=O) groups is 1. The van der Waals surface area contributed by atoms with Crippen LogP contribution in [0.5, 0.6) is 0 Å². The van der Waals surface area contributed by atoms with E-state index in [1.807, 2.05) is 0 Å². The third-order valence-corrected chi connectivity index (χ3v) is 2.86. The van der Waals surface area contributed by atoms with Crippen molar-refractivity contribution in [3.8, 4) is 0 Å². The lowest BCUT2D eigenvalue weighted by molar-refractivity contribution is 0.0996. The average molecular weight is 292 g/mol. The van der Waals surface area contributed by atoms with Gasteiger partial charge in [-0.15, -0.1) is 5.10 Å². The first-order valence-corrected chi connectivity index (χ1v) is 5.81. The van der Waals surface area contributed by atoms with Gasteiger partial charge >= 0.3 is 0 Å². The number of halogens is 1. The molecule has 2 N–H and O–H groups in total. The summed E-state index contributed by atoms with van der Waals surface area (Å²) >= 11 is 5.88. The maximum atomic E-state index is 12.0. The van der Waals surface area contributed by atoms with Gasteiger partial charge in [-0.3, -0.25) is 14.9 Å². The van der Waals surface area contributed by atoms with Crippen molar-refractivity contribution < 1.29 is 9.21 Å². The van der Waals surface area contributed by atoms with Crippen molar-refractivity contribution >= 4 is 34.4 Å². The van der Waals surface area contributed by atoms with Crippen molar-refractivity contribution in [1.29, 1.82) is 0 Å². The molecule has 1 aromatic carbocycles. The number of hydrogen-bond acceptors (Lipinski definition) is 6. The fourth-order valence-corrected chi connectivity index (χ4v) is 1.86. The van der Waals surface area contributed by atoms with Crippen LogP contribution in [0.4, 0.5) is 5.95 Å². The molecule has 3 rings (SSSR count). The van der Waals surface area contributed by atoms with Crippen LogP contribution >= 0.6 is 11.6 Å². The molecular formula is C11H6ClN5O3. The predicted octanol–water partition coefficient (Wildman–Crippen LogP) is 1.21. The Hall–Kier alpha value is -2.74. The van der Waals surface area contributed by atoms with Crippen molar-refractivity contribution in [1.82, 2.24) is 20.6 Å². The minimum atomic E-state index is -0.737. The zero-order valence-electron chi connectivity index (χ0n) is 9.75. The Morgan fingerprint density at radius 3 is 2.90 bits per heavy atom. The first kappa shape index (κ1) is 12.3. The Kier molecular flexibility index (Phi) is 2.92. The number of benzene rings is 1. The Morgan fingerprint density at radius 1 is 1.35 bits per heavy atom. The van der Waals surface area contributed by atoms with Gasteiger partial charge in [0.1, 0.15) is 10.6 Å². The van der Waals surface area contributed by atoms with E-state index in [-0.39, 0.29) is 22.3 Å². The van der Waals surface area contributed by atoms with Gasteiger partial charge in [-0.1, -0.05) is 28.8 Å². The topological polar surface area (TPSA) is 114 Å². The minimum Gasteiger partial charge on any atom is -0.449 e. The number of carbonyl (C=O) groups excluding carboxylic acids is 1. The van der Waals surface area contributed by atoms with E-state index in [2.05, 4.69) is 25.9 Å². The number of aromatic nitrogens is 4. The molecule has 100 valence electrons. The smallest absolute Gasteiger partial charge is 0.295 e. The van der Waals surface area contributed by atoms with E-state index in [1.54, 1.807) is 24.3 Å². The lowest BCUT2D eigenvalue weighted by Crippen LogP contribution is -2.17. The highest BCUT2D eigenvalue weighted by molar-refractivity contribution is 6.34. The van der Waals surface area contributed by atoms with Gasteiger partial charge in [0.15, 0.2) is 0 Å². The summed E-state index contributed by atoms with van der Waals surface area (Å²) in [4.78, 5) is 24.0. The third kappa shape index (κ3) is 2.01. The highest BCUT2D eigenvalue weighted by atomic mass is 35.5. The van der Waals surface area contributed by atoms with Crippen LogP contribution in [0.2, 0.25) is 5.02 Å². The lowest BCUT2D eigenvalue weighted by atomic mass is 10.2. The van der Waals surface area contributed by atoms with E-state index in [9.17, 15) is 9.59 Å². The number of H-pyrrole nitrogens is 1. The van der Waals surface area contributed by atoms with Crippen LogP contribution in [-0.2, 0) is 0 Å². The van der Waals surface area contributed by atoms with Gasteiger partial charge in [-0.25, -0.2) is 0 Å². The molecule has 0 saturated carbocycles. The molecule has 20 heavy (non-hydrogen) atoms. The molecule has 8 nitrogen and oxygen atoms in total. The second-order valence-corrected chi connectivity index (χ2v) is 4.14. The zero-order valence-corrected chi connectivity index (χ0v) is 10.5. The Balaban J connectivity index is 2.09. The maximum Gasteiger partial charge on any atom is 0.295 e. The average Bonchev–Trinajstić information content (AvgIpc) is 2.95. The molecule has 3 aromatic rings. The number of anilines is 1. The number of nitrogens with zero attached hydrogens (tertiary/aromatic N) is 3. The van der Waals surface area contributed by atoms with Crippen LogP contribution in [0.1, 0.15) is 10.6 Å². The summed E-state index contributed by atoms with van der Waals surface area (Å²) in [5.74, 6) is -1.10. The lowest BCUT2D eigenvalue weighted by Gasteiger charge is -2.04. The van der Waals surface area contributed by atoms with Crippen LogP contribution in [0, 0.1) is 0 Å². The molecule has 0 saturated heterocycles. The molecule has 0 fully saturated rings. The normalized spacial score (nSPS) is 10.7. The SMILES string of the molecule is O=C(Nc1nn[nH]n1)c1oc2ccccc2c(=O)c1Cl. The molecule has 0 atom stereocenters. The van der Waals surface area contributed by atoms with Gasteiger partial charge in [0.05, 0.1) is 5.39 Å². The Morgan fingerprint density at radius 2 is 2.15 bits per heavy atom. The summed E-state index contributed by atoms with van der Waals surface area (Å²) in [5.41, 5.74) is -0.216. The van der Waals surface area contributed by atoms with Crippen LogP contribution in [0.25, 0.3) is 11.0 Å². The monoisotopic (exact) mass is 291 g/mol. The van der Waals surface area contributed by atoms with E-state index in [1.165, 1.54) is 0 Å². The van der Waals surface area contributed by atoms with Gasteiger partial charge in [0, 0.05) is 0 Å². The number of para-hydroxylation sites is 1. The van der Waals surface area contributed by atoms with E-state index in [4.69, 9.17) is 16.0 Å². The molecule has 0 bridgehead atoms. The molecule has 1 amide bonds. The summed E-state index contributed by atoms with van der Waals surface area (Å²) in [6.45, 7) is 0. The molecule has 0 spiro atoms. The van der Waals surface area contributed by atoms with Crippen molar-refractivity contribution in [2.24, 2.45) is 0 Å². The van der Waals surface area contributed by atoms with Gasteiger partial charge in [0.2, 0.25) is 11.2 Å². The molecule has 2 heterocycles. The number of tetrazole rings is 1. The fourth-order valence-electron chi connectivity index (χ4n) is 1.64. The first-order chi connectivity index (χ1) is 9.66. The maximum absolute atomic E-state index is 12.0. The largest absolute Gasteiger partial charge is 0.449 e. The molecule has 9 heteroatoms. The predicted molar refractivity (Wildman–Crippen MR) is 69.6 cm³/mol.